The first kappa shape index (κ1) is 24.2. The fourth-order valence-corrected chi connectivity index (χ4v) is 4.17. The van der Waals surface area contributed by atoms with Gasteiger partial charge in [0.15, 0.2) is 5.82 Å². The largest absolute Gasteiger partial charge is 0.489 e. The second-order valence-corrected chi connectivity index (χ2v) is 8.95. The van der Waals surface area contributed by atoms with Crippen LogP contribution in [-0.4, -0.2) is 40.0 Å². The molecule has 2 aromatic carbocycles. The predicted octanol–water partition coefficient (Wildman–Crippen LogP) is 5.47. The molecule has 0 bridgehead atoms. The summed E-state index contributed by atoms with van der Waals surface area (Å²) in [7, 11) is 0. The molecule has 0 N–H and O–H groups in total. The van der Waals surface area contributed by atoms with E-state index in [9.17, 15) is 4.79 Å². The van der Waals surface area contributed by atoms with Gasteiger partial charge in [0.05, 0.1) is 12.3 Å². The molecule has 0 radical (unpaired) electrons. The minimum atomic E-state index is -0.124. The second kappa shape index (κ2) is 11.4. The Morgan fingerprint density at radius 2 is 1.91 bits per heavy atom. The van der Waals surface area contributed by atoms with Crippen LogP contribution in [0.4, 0.5) is 0 Å². The Morgan fingerprint density at radius 1 is 1.15 bits per heavy atom. The Balaban J connectivity index is 1.34. The molecule has 0 saturated heterocycles. The van der Waals surface area contributed by atoms with Gasteiger partial charge in [0, 0.05) is 54.3 Å². The first-order valence-corrected chi connectivity index (χ1v) is 12.1. The van der Waals surface area contributed by atoms with Crippen LogP contribution in [0.3, 0.4) is 0 Å². The third-order valence-corrected chi connectivity index (χ3v) is 6.34. The van der Waals surface area contributed by atoms with Crippen molar-refractivity contribution >= 4 is 17.6 Å². The topological polar surface area (TPSA) is 64.5 Å². The average molecular weight is 480 g/mol. The van der Waals surface area contributed by atoms with Gasteiger partial charge in [-0.3, -0.25) is 9.69 Å². The lowest BCUT2D eigenvalue weighted by Crippen LogP contribution is -2.38. The van der Waals surface area contributed by atoms with Gasteiger partial charge in [0.1, 0.15) is 12.4 Å². The van der Waals surface area contributed by atoms with Gasteiger partial charge in [-0.2, -0.15) is 0 Å². The zero-order valence-corrected chi connectivity index (χ0v) is 20.4. The van der Waals surface area contributed by atoms with Gasteiger partial charge in [-0.25, -0.2) is 9.97 Å². The first-order chi connectivity index (χ1) is 16.5. The summed E-state index contributed by atoms with van der Waals surface area (Å²) in [5.74, 6) is 1.40. The van der Waals surface area contributed by atoms with E-state index in [2.05, 4.69) is 16.8 Å². The van der Waals surface area contributed by atoms with E-state index >= 15 is 0 Å². The zero-order chi connectivity index (χ0) is 23.9. The molecule has 6 nitrogen and oxygen atoms in total. The van der Waals surface area contributed by atoms with E-state index in [-0.39, 0.29) is 5.97 Å². The number of hydrogen-bond acceptors (Lipinski definition) is 6. The summed E-state index contributed by atoms with van der Waals surface area (Å²) in [6, 6.07) is 15.8. The minimum absolute atomic E-state index is 0.124. The van der Waals surface area contributed by atoms with Crippen LogP contribution in [0.25, 0.3) is 11.4 Å². The maximum atomic E-state index is 11.7. The molecular formula is C27H30ClN3O3. The highest BCUT2D eigenvalue weighted by Crippen LogP contribution is 2.25. The highest BCUT2D eigenvalue weighted by atomic mass is 35.5. The van der Waals surface area contributed by atoms with E-state index in [0.717, 1.165) is 64.9 Å². The monoisotopic (exact) mass is 479 g/mol. The van der Waals surface area contributed by atoms with E-state index < -0.39 is 0 Å². The van der Waals surface area contributed by atoms with E-state index in [1.165, 1.54) is 0 Å². The molecule has 0 fully saturated rings. The summed E-state index contributed by atoms with van der Waals surface area (Å²) < 4.78 is 10.9. The summed E-state index contributed by atoms with van der Waals surface area (Å²) >= 11 is 5.93. The van der Waals surface area contributed by atoms with E-state index in [0.29, 0.717) is 25.7 Å². The molecule has 0 amide bonds. The van der Waals surface area contributed by atoms with E-state index in [1.54, 1.807) is 0 Å². The van der Waals surface area contributed by atoms with Crippen LogP contribution < -0.4 is 4.74 Å². The van der Waals surface area contributed by atoms with Gasteiger partial charge in [-0.15, -0.1) is 0 Å². The zero-order valence-electron chi connectivity index (χ0n) is 19.7. The lowest BCUT2D eigenvalue weighted by Gasteiger charge is -2.33. The summed E-state index contributed by atoms with van der Waals surface area (Å²) in [4.78, 5) is 23.5. The lowest BCUT2D eigenvalue weighted by molar-refractivity contribution is -0.143. The number of esters is 1. The normalized spacial score (nSPS) is 14.3. The van der Waals surface area contributed by atoms with Crippen molar-refractivity contribution in [3.05, 3.63) is 76.6 Å². The molecule has 1 atom stereocenters. The molecule has 1 aliphatic heterocycles. The van der Waals surface area contributed by atoms with Crippen LogP contribution >= 0.6 is 11.6 Å². The molecule has 34 heavy (non-hydrogen) atoms. The Kier molecular flexibility index (Phi) is 8.14. The van der Waals surface area contributed by atoms with Crippen molar-refractivity contribution in [3.8, 4) is 17.1 Å². The van der Waals surface area contributed by atoms with Crippen molar-refractivity contribution in [2.75, 3.05) is 13.2 Å². The molecule has 2 heterocycles. The number of ether oxygens (including phenoxy) is 2. The summed E-state index contributed by atoms with van der Waals surface area (Å²) in [6.07, 6.45) is 4.05. The van der Waals surface area contributed by atoms with Gasteiger partial charge >= 0.3 is 5.97 Å². The maximum absolute atomic E-state index is 11.7. The molecule has 4 rings (SSSR count). The van der Waals surface area contributed by atoms with Crippen LogP contribution in [0.1, 0.15) is 43.5 Å². The number of carbonyl (C=O) groups excluding carboxylic acids is 1. The fourth-order valence-electron chi connectivity index (χ4n) is 4.04. The number of halogens is 1. The number of hydrogen-bond donors (Lipinski definition) is 0. The number of carbonyl (C=O) groups is 1. The first-order valence-electron chi connectivity index (χ1n) is 11.7. The predicted molar refractivity (Wildman–Crippen MR) is 133 cm³/mol. The molecule has 1 aliphatic rings. The SMILES string of the molecule is CCOC(=O)CCC(C)N1CCc2nc(-c3ccc(OCc4ccc(Cl)cc4)cc3)ncc2C1. The summed E-state index contributed by atoms with van der Waals surface area (Å²) in [5, 5.41) is 0.717. The van der Waals surface area contributed by atoms with Crippen molar-refractivity contribution in [2.45, 2.75) is 52.3 Å². The van der Waals surface area contributed by atoms with Gasteiger partial charge in [0.25, 0.3) is 0 Å². The fraction of sp³-hybridized carbons (Fsp3) is 0.370. The quantitative estimate of drug-likeness (QED) is 0.379. The number of nitrogens with zero attached hydrogens (tertiary/aromatic N) is 3. The molecular weight excluding hydrogens is 450 g/mol. The van der Waals surface area contributed by atoms with Crippen LogP contribution in [-0.2, 0) is 29.1 Å². The number of rotatable bonds is 9. The highest BCUT2D eigenvalue weighted by molar-refractivity contribution is 6.30. The van der Waals surface area contributed by atoms with Crippen molar-refractivity contribution < 1.29 is 14.3 Å². The van der Waals surface area contributed by atoms with Gasteiger partial charge in [0.2, 0.25) is 0 Å². The molecule has 1 unspecified atom stereocenters. The highest BCUT2D eigenvalue weighted by Gasteiger charge is 2.23. The van der Waals surface area contributed by atoms with Crippen molar-refractivity contribution in [2.24, 2.45) is 0 Å². The smallest absolute Gasteiger partial charge is 0.305 e. The molecule has 178 valence electrons. The molecule has 7 heteroatoms. The van der Waals surface area contributed by atoms with Crippen LogP contribution in [0.5, 0.6) is 5.75 Å². The van der Waals surface area contributed by atoms with Gasteiger partial charge in [-0.05, 0) is 62.2 Å². The maximum Gasteiger partial charge on any atom is 0.305 e. The molecule has 1 aromatic heterocycles. The molecule has 0 spiro atoms. The van der Waals surface area contributed by atoms with Gasteiger partial charge in [-0.1, -0.05) is 23.7 Å². The van der Waals surface area contributed by atoms with Crippen LogP contribution in [0, 0.1) is 0 Å². The third kappa shape index (κ3) is 6.33. The third-order valence-electron chi connectivity index (χ3n) is 6.09. The summed E-state index contributed by atoms with van der Waals surface area (Å²) in [6.45, 7) is 6.64. The standard InChI is InChI=1S/C27H30ClN3O3/c1-3-33-26(32)13-4-19(2)31-15-14-25-22(17-31)16-29-27(30-25)21-7-11-24(12-8-21)34-18-20-5-9-23(28)10-6-20/h5-12,16,19H,3-4,13-15,17-18H2,1-2H3. The van der Waals surface area contributed by atoms with Gasteiger partial charge < -0.3 is 9.47 Å². The Hall–Kier alpha value is -2.96. The Bertz CT molecular complexity index is 1100. The Morgan fingerprint density at radius 3 is 2.65 bits per heavy atom. The molecule has 3 aromatic rings. The van der Waals surface area contributed by atoms with Crippen molar-refractivity contribution in [1.29, 1.82) is 0 Å². The van der Waals surface area contributed by atoms with Crippen molar-refractivity contribution in [1.82, 2.24) is 14.9 Å². The number of aromatic nitrogens is 2. The summed E-state index contributed by atoms with van der Waals surface area (Å²) in [5.41, 5.74) is 4.28. The molecule has 0 saturated carbocycles. The van der Waals surface area contributed by atoms with Crippen LogP contribution in [0.15, 0.2) is 54.7 Å². The second-order valence-electron chi connectivity index (χ2n) is 8.52. The molecule has 0 aliphatic carbocycles. The lowest BCUT2D eigenvalue weighted by atomic mass is 10.0. The van der Waals surface area contributed by atoms with Crippen molar-refractivity contribution in [3.63, 3.8) is 0 Å². The van der Waals surface area contributed by atoms with E-state index in [1.807, 2.05) is 61.7 Å². The Labute approximate surface area is 205 Å². The minimum Gasteiger partial charge on any atom is -0.489 e. The average Bonchev–Trinajstić information content (AvgIpc) is 2.87. The number of fused-ring (bicyclic) bond motifs is 1. The van der Waals surface area contributed by atoms with Crippen LogP contribution in [0.2, 0.25) is 5.02 Å². The van der Waals surface area contributed by atoms with E-state index in [4.69, 9.17) is 26.1 Å². The number of benzene rings is 2.